The number of pyridine rings is 1. The molecule has 1 heterocycles. The van der Waals surface area contributed by atoms with E-state index in [1.165, 1.54) is 6.20 Å². The van der Waals surface area contributed by atoms with Gasteiger partial charge in [0.25, 0.3) is 0 Å². The van der Waals surface area contributed by atoms with Crippen molar-refractivity contribution in [2.24, 2.45) is 5.73 Å². The summed E-state index contributed by atoms with van der Waals surface area (Å²) in [6, 6.07) is 6.87. The number of aromatic nitrogens is 1. The van der Waals surface area contributed by atoms with Gasteiger partial charge in [-0.2, -0.15) is 10.5 Å². The van der Waals surface area contributed by atoms with Gasteiger partial charge in [-0.1, -0.05) is 0 Å². The summed E-state index contributed by atoms with van der Waals surface area (Å²) in [6.07, 6.45) is 1.76. The topological polar surface area (TPSA) is 86.5 Å². The lowest BCUT2D eigenvalue weighted by molar-refractivity contribution is 0.746. The Balaban J connectivity index is 2.91. The Labute approximate surface area is 76.2 Å². The summed E-state index contributed by atoms with van der Waals surface area (Å²) >= 11 is 0. The van der Waals surface area contributed by atoms with Crippen LogP contribution < -0.4 is 5.73 Å². The molecule has 4 heteroatoms. The summed E-state index contributed by atoms with van der Waals surface area (Å²) in [6.45, 7) is 0. The van der Waals surface area contributed by atoms with E-state index in [4.69, 9.17) is 16.3 Å². The Bertz CT molecular complexity index is 372. The lowest BCUT2D eigenvalue weighted by atomic mass is 10.1. The van der Waals surface area contributed by atoms with Crippen molar-refractivity contribution < 1.29 is 0 Å². The average Bonchev–Trinajstić information content (AvgIpc) is 2.18. The number of nitrogens with two attached hydrogens (primary N) is 1. The van der Waals surface area contributed by atoms with Gasteiger partial charge < -0.3 is 5.73 Å². The van der Waals surface area contributed by atoms with E-state index in [-0.39, 0.29) is 12.5 Å². The first-order chi connectivity index (χ1) is 6.27. The fourth-order valence-electron chi connectivity index (χ4n) is 0.955. The lowest BCUT2D eigenvalue weighted by Crippen LogP contribution is -2.09. The predicted octanol–water partition coefficient (Wildman–Crippen LogP) is 0.867. The van der Waals surface area contributed by atoms with Crippen molar-refractivity contribution in [3.8, 4) is 12.1 Å². The first-order valence-corrected chi connectivity index (χ1v) is 3.76. The Kier molecular flexibility index (Phi) is 2.97. The second-order valence-electron chi connectivity index (χ2n) is 2.55. The number of nitrogens with zero attached hydrogens (tertiary/aromatic N) is 3. The van der Waals surface area contributed by atoms with E-state index in [1.807, 2.05) is 12.1 Å². The van der Waals surface area contributed by atoms with Crippen LogP contribution in [0.1, 0.15) is 23.7 Å². The Morgan fingerprint density at radius 3 is 2.92 bits per heavy atom. The molecule has 64 valence electrons. The summed E-state index contributed by atoms with van der Waals surface area (Å²) < 4.78 is 0. The molecule has 0 radical (unpaired) electrons. The van der Waals surface area contributed by atoms with E-state index in [0.717, 1.165) is 5.56 Å². The molecule has 0 saturated heterocycles. The molecule has 0 saturated carbocycles. The molecule has 0 unspecified atom stereocenters. The van der Waals surface area contributed by atoms with Gasteiger partial charge in [-0.3, -0.25) is 0 Å². The van der Waals surface area contributed by atoms with Crippen LogP contribution in [0.2, 0.25) is 0 Å². The highest BCUT2D eigenvalue weighted by atomic mass is 14.7. The largest absolute Gasteiger partial charge is 0.323 e. The summed E-state index contributed by atoms with van der Waals surface area (Å²) in [5.41, 5.74) is 6.77. The molecule has 0 aliphatic rings. The maximum Gasteiger partial charge on any atom is 0.140 e. The highest BCUT2D eigenvalue weighted by Gasteiger charge is 2.05. The Hall–Kier alpha value is -1.91. The van der Waals surface area contributed by atoms with E-state index in [1.54, 1.807) is 12.1 Å². The molecule has 2 N–H and O–H groups in total. The second kappa shape index (κ2) is 4.20. The van der Waals surface area contributed by atoms with E-state index in [9.17, 15) is 0 Å². The molecule has 0 spiro atoms. The van der Waals surface area contributed by atoms with E-state index in [2.05, 4.69) is 4.98 Å². The van der Waals surface area contributed by atoms with Gasteiger partial charge in [-0.05, 0) is 17.7 Å². The third-order valence-corrected chi connectivity index (χ3v) is 1.64. The quantitative estimate of drug-likeness (QED) is 0.716. The zero-order valence-electron chi connectivity index (χ0n) is 6.94. The van der Waals surface area contributed by atoms with Gasteiger partial charge in [0.1, 0.15) is 11.8 Å². The van der Waals surface area contributed by atoms with Crippen LogP contribution in [-0.2, 0) is 0 Å². The van der Waals surface area contributed by atoms with Crippen LogP contribution in [0.15, 0.2) is 18.3 Å². The van der Waals surface area contributed by atoms with Crippen LogP contribution in [0.4, 0.5) is 0 Å². The molecule has 1 rings (SSSR count). The Morgan fingerprint density at radius 1 is 1.54 bits per heavy atom. The highest BCUT2D eigenvalue weighted by Crippen LogP contribution is 2.12. The smallest absolute Gasteiger partial charge is 0.140 e. The lowest BCUT2D eigenvalue weighted by Gasteiger charge is -2.06. The van der Waals surface area contributed by atoms with Gasteiger partial charge in [0.2, 0.25) is 0 Å². The third-order valence-electron chi connectivity index (χ3n) is 1.64. The SMILES string of the molecule is N#CC[C@@H](N)c1ccnc(C#N)c1. The van der Waals surface area contributed by atoms with Crippen LogP contribution in [-0.4, -0.2) is 4.98 Å². The third kappa shape index (κ3) is 2.26. The molecule has 1 aromatic rings. The maximum absolute atomic E-state index is 8.56. The molecule has 0 amide bonds. The van der Waals surface area contributed by atoms with Crippen molar-refractivity contribution in [1.82, 2.24) is 4.98 Å². The zero-order valence-corrected chi connectivity index (χ0v) is 6.94. The molecule has 0 aliphatic heterocycles. The molecule has 4 nitrogen and oxygen atoms in total. The van der Waals surface area contributed by atoms with Gasteiger partial charge in [-0.25, -0.2) is 4.98 Å². The van der Waals surface area contributed by atoms with Crippen LogP contribution >= 0.6 is 0 Å². The van der Waals surface area contributed by atoms with Crippen LogP contribution in [0.5, 0.6) is 0 Å². The molecule has 1 aromatic heterocycles. The van der Waals surface area contributed by atoms with E-state index in [0.29, 0.717) is 5.69 Å². The first-order valence-electron chi connectivity index (χ1n) is 3.76. The molecular weight excluding hydrogens is 164 g/mol. The van der Waals surface area contributed by atoms with Crippen LogP contribution in [0.25, 0.3) is 0 Å². The molecular formula is C9H8N4. The minimum absolute atomic E-state index is 0.245. The molecule has 0 fully saturated rings. The molecule has 13 heavy (non-hydrogen) atoms. The predicted molar refractivity (Wildman–Crippen MR) is 46.1 cm³/mol. The van der Waals surface area contributed by atoms with Crippen molar-refractivity contribution in [3.63, 3.8) is 0 Å². The average molecular weight is 172 g/mol. The standard InChI is InChI=1S/C9H8N4/c10-3-1-9(12)7-2-4-13-8(5-7)6-11/h2,4-5,9H,1,12H2/t9-/m1/s1. The Morgan fingerprint density at radius 2 is 2.31 bits per heavy atom. The second-order valence-corrected chi connectivity index (χ2v) is 2.55. The number of hydrogen-bond acceptors (Lipinski definition) is 4. The summed E-state index contributed by atoms with van der Waals surface area (Å²) in [4.78, 5) is 3.80. The van der Waals surface area contributed by atoms with Crippen molar-refractivity contribution in [2.45, 2.75) is 12.5 Å². The van der Waals surface area contributed by atoms with Crippen molar-refractivity contribution in [3.05, 3.63) is 29.6 Å². The van der Waals surface area contributed by atoms with Gasteiger partial charge >= 0.3 is 0 Å². The molecule has 0 bridgehead atoms. The minimum atomic E-state index is -0.333. The van der Waals surface area contributed by atoms with Gasteiger partial charge in [0.05, 0.1) is 12.5 Å². The zero-order chi connectivity index (χ0) is 9.68. The molecule has 0 aliphatic carbocycles. The van der Waals surface area contributed by atoms with E-state index < -0.39 is 0 Å². The molecule has 0 aromatic carbocycles. The number of hydrogen-bond donors (Lipinski definition) is 1. The number of rotatable bonds is 2. The normalized spacial score (nSPS) is 11.3. The van der Waals surface area contributed by atoms with Gasteiger partial charge in [-0.15, -0.1) is 0 Å². The highest BCUT2D eigenvalue weighted by molar-refractivity contribution is 5.27. The van der Waals surface area contributed by atoms with E-state index >= 15 is 0 Å². The minimum Gasteiger partial charge on any atom is -0.323 e. The van der Waals surface area contributed by atoms with Crippen molar-refractivity contribution >= 4 is 0 Å². The molecule has 1 atom stereocenters. The summed E-state index contributed by atoms with van der Waals surface area (Å²) in [5.74, 6) is 0. The van der Waals surface area contributed by atoms with Crippen molar-refractivity contribution in [1.29, 1.82) is 10.5 Å². The van der Waals surface area contributed by atoms with Crippen LogP contribution in [0, 0.1) is 22.7 Å². The fourth-order valence-corrected chi connectivity index (χ4v) is 0.955. The van der Waals surface area contributed by atoms with Gasteiger partial charge in [0, 0.05) is 12.2 Å². The first kappa shape index (κ1) is 9.18. The van der Waals surface area contributed by atoms with Crippen molar-refractivity contribution in [2.75, 3.05) is 0 Å². The van der Waals surface area contributed by atoms with Gasteiger partial charge in [0.15, 0.2) is 0 Å². The fraction of sp³-hybridized carbons (Fsp3) is 0.222. The summed E-state index contributed by atoms with van der Waals surface area (Å²) in [5, 5.41) is 17.0. The maximum atomic E-state index is 8.56. The monoisotopic (exact) mass is 172 g/mol. The number of nitriles is 2. The summed E-state index contributed by atoms with van der Waals surface area (Å²) in [7, 11) is 0. The van der Waals surface area contributed by atoms with Crippen LogP contribution in [0.3, 0.4) is 0 Å².